The van der Waals surface area contributed by atoms with Crippen molar-refractivity contribution in [1.82, 2.24) is 19.8 Å². The monoisotopic (exact) mass is 454 g/mol. The molecule has 2 aromatic heterocycles. The van der Waals surface area contributed by atoms with Crippen molar-refractivity contribution in [3.05, 3.63) is 62.5 Å². The third-order valence-electron chi connectivity index (χ3n) is 5.58. The fraction of sp³-hybridized carbons (Fsp3) is 0.391. The number of nitrogens with one attached hydrogen (secondary N) is 1. The topological polar surface area (TPSA) is 93.5 Å². The van der Waals surface area contributed by atoms with Gasteiger partial charge in [-0.25, -0.2) is 4.98 Å². The van der Waals surface area contributed by atoms with Crippen molar-refractivity contribution >= 4 is 33.4 Å². The van der Waals surface area contributed by atoms with Crippen molar-refractivity contribution in [1.29, 1.82) is 0 Å². The summed E-state index contributed by atoms with van der Waals surface area (Å²) < 4.78 is 7.10. The highest BCUT2D eigenvalue weighted by molar-refractivity contribution is 7.20. The average molecular weight is 455 g/mol. The number of aromatic nitrogens is 2. The molecule has 0 spiro atoms. The van der Waals surface area contributed by atoms with E-state index in [0.717, 1.165) is 5.56 Å². The van der Waals surface area contributed by atoms with E-state index >= 15 is 0 Å². The van der Waals surface area contributed by atoms with Crippen LogP contribution in [0.15, 0.2) is 35.4 Å². The van der Waals surface area contributed by atoms with Crippen molar-refractivity contribution in [2.24, 2.45) is 7.05 Å². The van der Waals surface area contributed by atoms with Crippen LogP contribution in [0.25, 0.3) is 10.2 Å². The molecule has 4 rings (SSSR count). The van der Waals surface area contributed by atoms with Crippen LogP contribution in [0.4, 0.5) is 0 Å². The second-order valence-corrected chi connectivity index (χ2v) is 9.24. The molecule has 1 aromatic carbocycles. The highest BCUT2D eigenvalue weighted by Crippen LogP contribution is 2.26. The van der Waals surface area contributed by atoms with Gasteiger partial charge in [-0.05, 0) is 44.0 Å². The van der Waals surface area contributed by atoms with Gasteiger partial charge in [-0.15, -0.1) is 11.3 Å². The molecule has 0 saturated carbocycles. The summed E-state index contributed by atoms with van der Waals surface area (Å²) in [5.41, 5.74) is 1.98. The Balaban J connectivity index is 1.42. The third kappa shape index (κ3) is 4.31. The van der Waals surface area contributed by atoms with E-state index in [1.165, 1.54) is 22.2 Å². The Hall–Kier alpha value is -3.04. The summed E-state index contributed by atoms with van der Waals surface area (Å²) in [6.45, 7) is 7.17. The Morgan fingerprint density at radius 3 is 2.50 bits per heavy atom. The van der Waals surface area contributed by atoms with Crippen LogP contribution >= 0.6 is 11.3 Å². The Bertz CT molecular complexity index is 1220. The second-order valence-electron chi connectivity index (χ2n) is 8.24. The molecule has 0 radical (unpaired) electrons. The molecule has 1 aliphatic rings. The Labute approximate surface area is 189 Å². The lowest BCUT2D eigenvalue weighted by atomic mass is 10.1. The van der Waals surface area contributed by atoms with E-state index in [2.05, 4.69) is 10.3 Å². The van der Waals surface area contributed by atoms with E-state index in [-0.39, 0.29) is 29.6 Å². The van der Waals surface area contributed by atoms with Gasteiger partial charge in [-0.1, -0.05) is 12.1 Å². The standard InChI is InChI=1S/C23H26N4O4S/c1-13-10-27(11-14(2)31-13)22(29)17-7-5-16(6-8-17)9-24-20(28)19-15(3)18-21(32-19)25-12-26(4)23(18)30/h5-8,12-14H,9-11H2,1-4H3,(H,24,28). The third-order valence-corrected chi connectivity index (χ3v) is 6.78. The summed E-state index contributed by atoms with van der Waals surface area (Å²) in [4.78, 5) is 45.0. The molecule has 9 heteroatoms. The number of hydrogen-bond donors (Lipinski definition) is 1. The fourth-order valence-corrected chi connectivity index (χ4v) is 5.04. The van der Waals surface area contributed by atoms with Gasteiger partial charge in [0.05, 0.1) is 28.8 Å². The predicted octanol–water partition coefficient (Wildman–Crippen LogP) is 2.48. The summed E-state index contributed by atoms with van der Waals surface area (Å²) >= 11 is 1.22. The summed E-state index contributed by atoms with van der Waals surface area (Å²) in [7, 11) is 1.64. The number of fused-ring (bicyclic) bond motifs is 1. The van der Waals surface area contributed by atoms with Crippen molar-refractivity contribution in [2.45, 2.75) is 39.5 Å². The maximum Gasteiger partial charge on any atom is 0.262 e. The number of morpholine rings is 1. The largest absolute Gasteiger partial charge is 0.372 e. The number of hydrogen-bond acceptors (Lipinski definition) is 6. The van der Waals surface area contributed by atoms with E-state index < -0.39 is 0 Å². The fourth-order valence-electron chi connectivity index (χ4n) is 3.98. The highest BCUT2D eigenvalue weighted by atomic mass is 32.1. The van der Waals surface area contributed by atoms with Crippen LogP contribution in [0.3, 0.4) is 0 Å². The first-order valence-electron chi connectivity index (χ1n) is 10.5. The number of amides is 2. The zero-order valence-corrected chi connectivity index (χ0v) is 19.4. The van der Waals surface area contributed by atoms with Gasteiger partial charge in [-0.3, -0.25) is 14.4 Å². The van der Waals surface area contributed by atoms with Crippen LogP contribution in [-0.2, 0) is 18.3 Å². The van der Waals surface area contributed by atoms with Gasteiger partial charge in [-0.2, -0.15) is 0 Å². The Morgan fingerprint density at radius 1 is 1.19 bits per heavy atom. The molecule has 2 unspecified atom stereocenters. The van der Waals surface area contributed by atoms with E-state index in [1.54, 1.807) is 26.1 Å². The van der Waals surface area contributed by atoms with Crippen LogP contribution in [0.5, 0.6) is 0 Å². The van der Waals surface area contributed by atoms with E-state index in [4.69, 9.17) is 4.74 Å². The Morgan fingerprint density at radius 2 is 1.84 bits per heavy atom. The van der Waals surface area contributed by atoms with Gasteiger partial charge in [0.1, 0.15) is 4.83 Å². The molecule has 1 saturated heterocycles. The molecule has 3 aromatic rings. The molecule has 8 nitrogen and oxygen atoms in total. The number of carbonyl (C=O) groups excluding carboxylic acids is 2. The predicted molar refractivity (Wildman–Crippen MR) is 123 cm³/mol. The van der Waals surface area contributed by atoms with Crippen molar-refractivity contribution in [2.75, 3.05) is 13.1 Å². The lowest BCUT2D eigenvalue weighted by molar-refractivity contribution is -0.0586. The summed E-state index contributed by atoms with van der Waals surface area (Å²) in [6, 6.07) is 7.26. The Kier molecular flexibility index (Phi) is 6.12. The molecule has 0 bridgehead atoms. The maximum atomic E-state index is 12.8. The minimum atomic E-state index is -0.246. The molecule has 1 aliphatic heterocycles. The molecule has 3 heterocycles. The zero-order valence-electron chi connectivity index (χ0n) is 18.5. The van der Waals surface area contributed by atoms with E-state index in [9.17, 15) is 14.4 Å². The van der Waals surface area contributed by atoms with Crippen molar-refractivity contribution in [3.63, 3.8) is 0 Å². The minimum Gasteiger partial charge on any atom is -0.372 e. The molecule has 168 valence electrons. The molecule has 1 N–H and O–H groups in total. The summed E-state index contributed by atoms with van der Waals surface area (Å²) in [5, 5.41) is 3.38. The van der Waals surface area contributed by atoms with Gasteiger partial charge >= 0.3 is 0 Å². The average Bonchev–Trinajstić information content (AvgIpc) is 3.11. The number of carbonyl (C=O) groups is 2. The quantitative estimate of drug-likeness (QED) is 0.654. The molecule has 32 heavy (non-hydrogen) atoms. The second kappa shape index (κ2) is 8.84. The molecule has 1 fully saturated rings. The van der Waals surface area contributed by atoms with Gasteiger partial charge in [0.2, 0.25) is 0 Å². The highest BCUT2D eigenvalue weighted by Gasteiger charge is 2.26. The SMILES string of the molecule is Cc1c(C(=O)NCc2ccc(C(=O)N3CC(C)OC(C)C3)cc2)sc2ncn(C)c(=O)c12. The van der Waals surface area contributed by atoms with Crippen molar-refractivity contribution < 1.29 is 14.3 Å². The number of benzene rings is 1. The summed E-state index contributed by atoms with van der Waals surface area (Å²) in [6.07, 6.45) is 1.50. The molecular formula is C23H26N4O4S. The number of aryl methyl sites for hydroxylation is 2. The van der Waals surface area contributed by atoms with Gasteiger partial charge in [0.15, 0.2) is 0 Å². The molecular weight excluding hydrogens is 428 g/mol. The number of ether oxygens (including phenoxy) is 1. The summed E-state index contributed by atoms with van der Waals surface area (Å²) in [5.74, 6) is -0.262. The van der Waals surface area contributed by atoms with Crippen molar-refractivity contribution in [3.8, 4) is 0 Å². The van der Waals surface area contributed by atoms with Crippen LogP contribution in [0.2, 0.25) is 0 Å². The zero-order chi connectivity index (χ0) is 23.0. The smallest absolute Gasteiger partial charge is 0.262 e. The van der Waals surface area contributed by atoms with E-state index in [1.807, 2.05) is 30.9 Å². The number of thiophene rings is 1. The first kappa shape index (κ1) is 22.2. The first-order valence-corrected chi connectivity index (χ1v) is 11.3. The van der Waals surface area contributed by atoms with Gasteiger partial charge in [0.25, 0.3) is 17.4 Å². The first-order chi connectivity index (χ1) is 15.2. The number of nitrogens with zero attached hydrogens (tertiary/aromatic N) is 3. The van der Waals surface area contributed by atoms with Crippen LogP contribution in [0.1, 0.15) is 45.0 Å². The lowest BCUT2D eigenvalue weighted by Crippen LogP contribution is -2.48. The lowest BCUT2D eigenvalue weighted by Gasteiger charge is -2.35. The minimum absolute atomic E-state index is 0.0161. The van der Waals surface area contributed by atoms with Crippen LogP contribution in [-0.4, -0.2) is 51.6 Å². The van der Waals surface area contributed by atoms with Gasteiger partial charge in [0, 0.05) is 32.2 Å². The van der Waals surface area contributed by atoms with Gasteiger partial charge < -0.3 is 19.5 Å². The number of rotatable bonds is 4. The van der Waals surface area contributed by atoms with Crippen LogP contribution < -0.4 is 10.9 Å². The molecule has 2 amide bonds. The normalized spacial score (nSPS) is 18.7. The van der Waals surface area contributed by atoms with Crippen LogP contribution in [0, 0.1) is 6.92 Å². The molecule has 2 atom stereocenters. The maximum absolute atomic E-state index is 12.8. The molecule has 0 aliphatic carbocycles. The van der Waals surface area contributed by atoms with E-state index in [0.29, 0.717) is 45.9 Å².